The molecule has 0 unspecified atom stereocenters. The number of hydrogen-bond donors (Lipinski definition) is 2. The number of nitrogens with one attached hydrogen (secondary N) is 1. The number of benzene rings is 1. The zero-order valence-corrected chi connectivity index (χ0v) is 12.8. The summed E-state index contributed by atoms with van der Waals surface area (Å²) >= 11 is 0. The molecule has 0 aliphatic carbocycles. The molecule has 1 fully saturated rings. The van der Waals surface area contributed by atoms with E-state index in [1.807, 2.05) is 13.0 Å². The van der Waals surface area contributed by atoms with Crippen LogP contribution in [0.4, 0.5) is 0 Å². The van der Waals surface area contributed by atoms with Crippen molar-refractivity contribution < 1.29 is 13.2 Å². The molecule has 1 aliphatic heterocycles. The van der Waals surface area contributed by atoms with Gasteiger partial charge >= 0.3 is 0 Å². The maximum absolute atomic E-state index is 12.6. The van der Waals surface area contributed by atoms with Gasteiger partial charge in [-0.2, -0.15) is 0 Å². The largest absolute Gasteiger partial charge is 0.381 e. The quantitative estimate of drug-likeness (QED) is 0.878. The summed E-state index contributed by atoms with van der Waals surface area (Å²) in [6.45, 7) is 5.21. The second kappa shape index (κ2) is 5.81. The molecular weight excluding hydrogens is 276 g/mol. The van der Waals surface area contributed by atoms with Gasteiger partial charge in [-0.1, -0.05) is 12.1 Å². The molecule has 1 aromatic carbocycles. The van der Waals surface area contributed by atoms with Crippen molar-refractivity contribution in [1.82, 2.24) is 4.72 Å². The molecular formula is C14H22N2O3S. The average Bonchev–Trinajstić information content (AvgIpc) is 2.38. The standard InChI is InChI=1S/C14H22N2O3S/c1-11-3-4-12(10-15)9-13(11)20(17,18)16-14(2)5-7-19-8-6-14/h3-4,9,16H,5-8,10,15H2,1-2H3. The molecule has 3 N–H and O–H groups in total. The first kappa shape index (κ1) is 15.4. The van der Waals surface area contributed by atoms with Gasteiger partial charge in [0.2, 0.25) is 10.0 Å². The van der Waals surface area contributed by atoms with Crippen molar-refractivity contribution in [2.75, 3.05) is 13.2 Å². The molecule has 0 atom stereocenters. The minimum Gasteiger partial charge on any atom is -0.381 e. The Hall–Kier alpha value is -0.950. The van der Waals surface area contributed by atoms with E-state index in [-0.39, 0.29) is 0 Å². The number of aryl methyl sites for hydroxylation is 1. The fourth-order valence-corrected chi connectivity index (χ4v) is 4.13. The van der Waals surface area contributed by atoms with Gasteiger partial charge in [-0.15, -0.1) is 0 Å². The molecule has 1 aliphatic rings. The first-order valence-electron chi connectivity index (χ1n) is 6.78. The second-order valence-electron chi connectivity index (χ2n) is 5.58. The van der Waals surface area contributed by atoms with E-state index >= 15 is 0 Å². The van der Waals surface area contributed by atoms with Crippen LogP contribution in [-0.2, 0) is 21.3 Å². The Morgan fingerprint density at radius 1 is 1.35 bits per heavy atom. The lowest BCUT2D eigenvalue weighted by Crippen LogP contribution is -2.49. The Morgan fingerprint density at radius 3 is 2.60 bits per heavy atom. The summed E-state index contributed by atoms with van der Waals surface area (Å²) in [5, 5.41) is 0. The fraction of sp³-hybridized carbons (Fsp3) is 0.571. The molecule has 0 amide bonds. The Kier molecular flexibility index (Phi) is 4.49. The highest BCUT2D eigenvalue weighted by Gasteiger charge is 2.33. The third-order valence-corrected chi connectivity index (χ3v) is 5.54. The molecule has 20 heavy (non-hydrogen) atoms. The van der Waals surface area contributed by atoms with Gasteiger partial charge in [-0.25, -0.2) is 13.1 Å². The Morgan fingerprint density at radius 2 is 2.00 bits per heavy atom. The normalized spacial score (nSPS) is 18.9. The van der Waals surface area contributed by atoms with Gasteiger partial charge in [0.05, 0.1) is 4.90 Å². The van der Waals surface area contributed by atoms with Crippen molar-refractivity contribution in [2.24, 2.45) is 5.73 Å². The van der Waals surface area contributed by atoms with Crippen LogP contribution in [0, 0.1) is 6.92 Å². The van der Waals surface area contributed by atoms with E-state index in [9.17, 15) is 8.42 Å². The number of ether oxygens (including phenoxy) is 1. The SMILES string of the molecule is Cc1ccc(CN)cc1S(=O)(=O)NC1(C)CCOCC1. The van der Waals surface area contributed by atoms with E-state index in [2.05, 4.69) is 4.72 Å². The number of nitrogens with two attached hydrogens (primary N) is 1. The molecule has 6 heteroatoms. The number of sulfonamides is 1. The van der Waals surface area contributed by atoms with E-state index in [0.717, 1.165) is 11.1 Å². The maximum atomic E-state index is 12.6. The topological polar surface area (TPSA) is 81.4 Å². The smallest absolute Gasteiger partial charge is 0.241 e. The summed E-state index contributed by atoms with van der Waals surface area (Å²) < 4.78 is 33.3. The average molecular weight is 298 g/mol. The van der Waals surface area contributed by atoms with E-state index < -0.39 is 15.6 Å². The van der Waals surface area contributed by atoms with E-state index in [4.69, 9.17) is 10.5 Å². The minimum atomic E-state index is -3.54. The predicted octanol–water partition coefficient (Wildman–Crippen LogP) is 1.30. The monoisotopic (exact) mass is 298 g/mol. The summed E-state index contributed by atoms with van der Waals surface area (Å²) in [4.78, 5) is 0.313. The second-order valence-corrected chi connectivity index (χ2v) is 7.23. The summed E-state index contributed by atoms with van der Waals surface area (Å²) in [5.74, 6) is 0. The highest BCUT2D eigenvalue weighted by molar-refractivity contribution is 7.89. The van der Waals surface area contributed by atoms with Gasteiger partial charge in [-0.05, 0) is 43.9 Å². The fourth-order valence-electron chi connectivity index (χ4n) is 2.36. The minimum absolute atomic E-state index is 0.313. The lowest BCUT2D eigenvalue weighted by Gasteiger charge is -2.34. The molecule has 2 rings (SSSR count). The van der Waals surface area contributed by atoms with Gasteiger partial charge in [0.15, 0.2) is 0 Å². The third-order valence-electron chi connectivity index (χ3n) is 3.75. The number of rotatable bonds is 4. The van der Waals surface area contributed by atoms with Gasteiger partial charge in [0.25, 0.3) is 0 Å². The zero-order chi connectivity index (χ0) is 14.8. The molecule has 5 nitrogen and oxygen atoms in total. The molecule has 0 spiro atoms. The summed E-state index contributed by atoms with van der Waals surface area (Å²) in [6.07, 6.45) is 1.36. The molecule has 0 aromatic heterocycles. The summed E-state index contributed by atoms with van der Waals surface area (Å²) in [6, 6.07) is 5.30. The first-order valence-corrected chi connectivity index (χ1v) is 8.26. The third kappa shape index (κ3) is 3.38. The van der Waals surface area contributed by atoms with E-state index in [1.165, 1.54) is 0 Å². The molecule has 112 valence electrons. The van der Waals surface area contributed by atoms with Crippen molar-refractivity contribution >= 4 is 10.0 Å². The molecule has 1 heterocycles. The predicted molar refractivity (Wildman–Crippen MR) is 77.8 cm³/mol. The van der Waals surface area contributed by atoms with Gasteiger partial charge < -0.3 is 10.5 Å². The van der Waals surface area contributed by atoms with Crippen LogP contribution in [0.15, 0.2) is 23.1 Å². The van der Waals surface area contributed by atoms with Crippen LogP contribution in [0.25, 0.3) is 0 Å². The molecule has 0 bridgehead atoms. The van der Waals surface area contributed by atoms with Crippen LogP contribution in [-0.4, -0.2) is 27.2 Å². The van der Waals surface area contributed by atoms with Crippen LogP contribution in [0.2, 0.25) is 0 Å². The zero-order valence-electron chi connectivity index (χ0n) is 12.0. The van der Waals surface area contributed by atoms with Gasteiger partial charge in [-0.3, -0.25) is 0 Å². The lowest BCUT2D eigenvalue weighted by molar-refractivity contribution is 0.0537. The van der Waals surface area contributed by atoms with Crippen molar-refractivity contribution in [2.45, 2.75) is 43.7 Å². The van der Waals surface area contributed by atoms with Crippen molar-refractivity contribution in [3.8, 4) is 0 Å². The van der Waals surface area contributed by atoms with Crippen molar-refractivity contribution in [3.63, 3.8) is 0 Å². The van der Waals surface area contributed by atoms with Crippen LogP contribution < -0.4 is 10.5 Å². The Labute approximate surface area is 120 Å². The Balaban J connectivity index is 2.30. The van der Waals surface area contributed by atoms with Crippen LogP contribution >= 0.6 is 0 Å². The highest BCUT2D eigenvalue weighted by Crippen LogP contribution is 2.24. The Bertz CT molecular complexity index is 578. The van der Waals surface area contributed by atoms with E-state index in [0.29, 0.717) is 37.5 Å². The first-order chi connectivity index (χ1) is 9.36. The lowest BCUT2D eigenvalue weighted by atomic mass is 9.94. The van der Waals surface area contributed by atoms with Gasteiger partial charge in [0.1, 0.15) is 0 Å². The highest BCUT2D eigenvalue weighted by atomic mass is 32.2. The van der Waals surface area contributed by atoms with Crippen molar-refractivity contribution in [3.05, 3.63) is 29.3 Å². The molecule has 1 aromatic rings. The van der Waals surface area contributed by atoms with Crippen molar-refractivity contribution in [1.29, 1.82) is 0 Å². The van der Waals surface area contributed by atoms with E-state index in [1.54, 1.807) is 19.1 Å². The molecule has 0 saturated carbocycles. The molecule has 1 saturated heterocycles. The van der Waals surface area contributed by atoms with Crippen LogP contribution in [0.1, 0.15) is 30.9 Å². The molecule has 0 radical (unpaired) electrons. The van der Waals surface area contributed by atoms with Crippen LogP contribution in [0.5, 0.6) is 0 Å². The summed E-state index contributed by atoms with van der Waals surface area (Å²) in [7, 11) is -3.54. The summed E-state index contributed by atoms with van der Waals surface area (Å²) in [5.41, 5.74) is 6.69. The maximum Gasteiger partial charge on any atom is 0.241 e. The number of hydrogen-bond acceptors (Lipinski definition) is 4. The van der Waals surface area contributed by atoms with Gasteiger partial charge in [0, 0.05) is 25.3 Å². The van der Waals surface area contributed by atoms with Crippen LogP contribution in [0.3, 0.4) is 0 Å².